The minimum Gasteiger partial charge on any atom is -0.353 e. The molecule has 2 N–H and O–H groups in total. The van der Waals surface area contributed by atoms with E-state index in [9.17, 15) is 4.79 Å². The van der Waals surface area contributed by atoms with Gasteiger partial charge in [-0.2, -0.15) is 0 Å². The molecule has 1 heterocycles. The highest BCUT2D eigenvalue weighted by Gasteiger charge is 2.09. The van der Waals surface area contributed by atoms with Crippen molar-refractivity contribution in [3.8, 4) is 0 Å². The first-order chi connectivity index (χ1) is 8.13. The predicted octanol–water partition coefficient (Wildman–Crippen LogP) is 1.65. The third-order valence-electron chi connectivity index (χ3n) is 2.72. The van der Waals surface area contributed by atoms with Crippen LogP contribution in [0.25, 0.3) is 0 Å². The van der Waals surface area contributed by atoms with Crippen molar-refractivity contribution in [1.29, 1.82) is 0 Å². The number of nitrogens with zero attached hydrogens (tertiary/aromatic N) is 1. The number of hydrogen-bond donors (Lipinski definition) is 2. The van der Waals surface area contributed by atoms with Crippen LogP contribution in [0.3, 0.4) is 0 Å². The quantitative estimate of drug-likeness (QED) is 0.788. The summed E-state index contributed by atoms with van der Waals surface area (Å²) in [5, 5.41) is 6.07. The largest absolute Gasteiger partial charge is 0.353 e. The van der Waals surface area contributed by atoms with Gasteiger partial charge in [0.25, 0.3) is 0 Å². The van der Waals surface area contributed by atoms with E-state index in [-0.39, 0.29) is 18.0 Å². The molecule has 1 aromatic heterocycles. The number of pyridine rings is 1. The fraction of sp³-hybridized carbons (Fsp3) is 0.538. The van der Waals surface area contributed by atoms with Gasteiger partial charge in [0.05, 0.1) is 12.2 Å². The molecule has 1 amide bonds. The molecule has 0 aromatic carbocycles. The van der Waals surface area contributed by atoms with Gasteiger partial charge in [0.15, 0.2) is 0 Å². The lowest BCUT2D eigenvalue weighted by molar-refractivity contribution is -0.121. The van der Waals surface area contributed by atoms with Gasteiger partial charge in [-0.15, -0.1) is 0 Å². The summed E-state index contributed by atoms with van der Waals surface area (Å²) >= 11 is 0. The van der Waals surface area contributed by atoms with Crippen molar-refractivity contribution in [2.24, 2.45) is 0 Å². The molecule has 4 nitrogen and oxygen atoms in total. The van der Waals surface area contributed by atoms with Gasteiger partial charge in [-0.1, -0.05) is 13.0 Å². The lowest BCUT2D eigenvalue weighted by Gasteiger charge is -2.15. The van der Waals surface area contributed by atoms with Gasteiger partial charge in [0.2, 0.25) is 5.91 Å². The molecule has 17 heavy (non-hydrogen) atoms. The highest BCUT2D eigenvalue weighted by molar-refractivity contribution is 5.78. The minimum atomic E-state index is 0.0298. The van der Waals surface area contributed by atoms with Crippen LogP contribution >= 0.6 is 0 Å². The smallest absolute Gasteiger partial charge is 0.234 e. The van der Waals surface area contributed by atoms with Crippen molar-refractivity contribution >= 4 is 5.91 Å². The van der Waals surface area contributed by atoms with Gasteiger partial charge in [-0.3, -0.25) is 9.78 Å². The zero-order valence-electron chi connectivity index (χ0n) is 10.7. The van der Waals surface area contributed by atoms with Crippen LogP contribution in [-0.4, -0.2) is 23.5 Å². The fourth-order valence-electron chi connectivity index (χ4n) is 1.41. The molecule has 0 bridgehead atoms. The number of amides is 1. The number of rotatable bonds is 6. The minimum absolute atomic E-state index is 0.0298. The number of hydrogen-bond acceptors (Lipinski definition) is 3. The summed E-state index contributed by atoms with van der Waals surface area (Å²) in [6.45, 7) is 6.37. The number of aromatic nitrogens is 1. The standard InChI is InChI=1S/C13H21N3O/c1-4-10(2)16-13(17)9-15-11(3)12-7-5-6-8-14-12/h5-8,10-11,15H,4,9H2,1-3H3,(H,16,17)/t10?,11-/m1/s1. The summed E-state index contributed by atoms with van der Waals surface area (Å²) in [5.41, 5.74) is 0.948. The lowest BCUT2D eigenvalue weighted by Crippen LogP contribution is -2.39. The maximum absolute atomic E-state index is 11.6. The Labute approximate surface area is 103 Å². The van der Waals surface area contributed by atoms with Crippen molar-refractivity contribution in [2.75, 3.05) is 6.54 Å². The van der Waals surface area contributed by atoms with Crippen molar-refractivity contribution in [3.05, 3.63) is 30.1 Å². The molecule has 0 fully saturated rings. The lowest BCUT2D eigenvalue weighted by atomic mass is 10.2. The summed E-state index contributed by atoms with van der Waals surface area (Å²) in [6, 6.07) is 6.09. The summed E-state index contributed by atoms with van der Waals surface area (Å²) in [7, 11) is 0. The molecule has 0 saturated carbocycles. The van der Waals surface area contributed by atoms with Crippen molar-refractivity contribution < 1.29 is 4.79 Å². The van der Waals surface area contributed by atoms with E-state index < -0.39 is 0 Å². The van der Waals surface area contributed by atoms with Crippen LogP contribution in [0.1, 0.15) is 38.9 Å². The van der Waals surface area contributed by atoms with E-state index in [1.807, 2.05) is 32.0 Å². The first-order valence-electron chi connectivity index (χ1n) is 6.07. The van der Waals surface area contributed by atoms with E-state index in [0.717, 1.165) is 12.1 Å². The van der Waals surface area contributed by atoms with Gasteiger partial charge in [0, 0.05) is 18.3 Å². The number of nitrogens with one attached hydrogen (secondary N) is 2. The van der Waals surface area contributed by atoms with E-state index >= 15 is 0 Å². The van der Waals surface area contributed by atoms with Crippen LogP contribution in [0.4, 0.5) is 0 Å². The second kappa shape index (κ2) is 7.01. The maximum atomic E-state index is 11.6. The van der Waals surface area contributed by atoms with Crippen LogP contribution in [0.5, 0.6) is 0 Å². The van der Waals surface area contributed by atoms with Crippen LogP contribution in [0, 0.1) is 0 Å². The van der Waals surface area contributed by atoms with Gasteiger partial charge >= 0.3 is 0 Å². The van der Waals surface area contributed by atoms with Crippen molar-refractivity contribution in [1.82, 2.24) is 15.6 Å². The molecule has 94 valence electrons. The maximum Gasteiger partial charge on any atom is 0.234 e. The Morgan fingerprint density at radius 1 is 1.41 bits per heavy atom. The number of carbonyl (C=O) groups is 1. The third kappa shape index (κ3) is 4.95. The molecule has 0 saturated heterocycles. The Morgan fingerprint density at radius 2 is 2.18 bits per heavy atom. The Morgan fingerprint density at radius 3 is 2.76 bits per heavy atom. The molecule has 2 atom stereocenters. The zero-order chi connectivity index (χ0) is 12.7. The van der Waals surface area contributed by atoms with E-state index in [4.69, 9.17) is 0 Å². The van der Waals surface area contributed by atoms with E-state index in [1.165, 1.54) is 0 Å². The van der Waals surface area contributed by atoms with Gasteiger partial charge in [0.1, 0.15) is 0 Å². The molecule has 4 heteroatoms. The fourth-order valence-corrected chi connectivity index (χ4v) is 1.41. The molecular formula is C13H21N3O. The Bertz CT molecular complexity index is 340. The highest BCUT2D eigenvalue weighted by Crippen LogP contribution is 2.06. The van der Waals surface area contributed by atoms with Crippen LogP contribution in [0.15, 0.2) is 24.4 Å². The molecule has 0 aliphatic rings. The summed E-state index contributed by atoms with van der Waals surface area (Å²) in [4.78, 5) is 15.8. The summed E-state index contributed by atoms with van der Waals surface area (Å²) in [5.74, 6) is 0.0298. The Balaban J connectivity index is 2.33. The molecule has 1 aromatic rings. The molecule has 0 aliphatic carbocycles. The topological polar surface area (TPSA) is 54.0 Å². The van der Waals surface area contributed by atoms with Crippen LogP contribution < -0.4 is 10.6 Å². The van der Waals surface area contributed by atoms with E-state index in [1.54, 1.807) is 6.20 Å². The predicted molar refractivity (Wildman–Crippen MR) is 68.6 cm³/mol. The van der Waals surface area contributed by atoms with Crippen LogP contribution in [0.2, 0.25) is 0 Å². The Kier molecular flexibility index (Phi) is 5.63. The Hall–Kier alpha value is -1.42. The highest BCUT2D eigenvalue weighted by atomic mass is 16.1. The van der Waals surface area contributed by atoms with E-state index in [0.29, 0.717) is 6.54 Å². The second-order valence-electron chi connectivity index (χ2n) is 4.23. The van der Waals surface area contributed by atoms with Gasteiger partial charge < -0.3 is 10.6 Å². The molecule has 0 aliphatic heterocycles. The second-order valence-corrected chi connectivity index (χ2v) is 4.23. The number of carbonyl (C=O) groups excluding carboxylic acids is 1. The SMILES string of the molecule is CCC(C)NC(=O)CN[C@H](C)c1ccccn1. The van der Waals surface area contributed by atoms with Gasteiger partial charge in [-0.25, -0.2) is 0 Å². The average Bonchev–Trinajstić information content (AvgIpc) is 2.36. The van der Waals surface area contributed by atoms with Crippen LogP contribution in [-0.2, 0) is 4.79 Å². The molecular weight excluding hydrogens is 214 g/mol. The van der Waals surface area contributed by atoms with Crippen molar-refractivity contribution in [3.63, 3.8) is 0 Å². The monoisotopic (exact) mass is 235 g/mol. The first kappa shape index (κ1) is 13.6. The summed E-state index contributed by atoms with van der Waals surface area (Å²) in [6.07, 6.45) is 2.70. The van der Waals surface area contributed by atoms with Crippen molar-refractivity contribution in [2.45, 2.75) is 39.3 Å². The third-order valence-corrected chi connectivity index (χ3v) is 2.72. The summed E-state index contributed by atoms with van der Waals surface area (Å²) < 4.78 is 0. The average molecular weight is 235 g/mol. The molecule has 0 spiro atoms. The zero-order valence-corrected chi connectivity index (χ0v) is 10.7. The first-order valence-corrected chi connectivity index (χ1v) is 6.07. The van der Waals surface area contributed by atoms with E-state index in [2.05, 4.69) is 22.5 Å². The molecule has 1 unspecified atom stereocenters. The molecule has 1 rings (SSSR count). The molecule has 0 radical (unpaired) electrons. The van der Waals surface area contributed by atoms with Gasteiger partial charge in [-0.05, 0) is 32.4 Å². The normalized spacial score (nSPS) is 14.1.